The van der Waals surface area contributed by atoms with E-state index in [2.05, 4.69) is 15.0 Å². The smallest absolute Gasteiger partial charge is 0.406 e. The van der Waals surface area contributed by atoms with E-state index in [1.807, 2.05) is 0 Å². The first-order valence-electron chi connectivity index (χ1n) is 6.65. The van der Waals surface area contributed by atoms with Crippen LogP contribution in [0.5, 0.6) is 5.75 Å². The van der Waals surface area contributed by atoms with Gasteiger partial charge in [0.2, 0.25) is 0 Å². The van der Waals surface area contributed by atoms with E-state index in [4.69, 9.17) is 5.73 Å². The Bertz CT molecular complexity index is 656. The Labute approximate surface area is 134 Å². The predicted octanol–water partition coefficient (Wildman–Crippen LogP) is 2.47. The molecule has 3 N–H and O–H groups in total. The van der Waals surface area contributed by atoms with Crippen molar-refractivity contribution in [3.63, 3.8) is 0 Å². The number of carbonyl (C=O) groups is 1. The van der Waals surface area contributed by atoms with Gasteiger partial charge in [-0.1, -0.05) is 12.1 Å². The van der Waals surface area contributed by atoms with Crippen molar-refractivity contribution < 1.29 is 22.7 Å². The maximum atomic E-state index is 12.0. The summed E-state index contributed by atoms with van der Waals surface area (Å²) in [7, 11) is 0. The van der Waals surface area contributed by atoms with Gasteiger partial charge in [-0.25, -0.2) is 4.98 Å². The zero-order chi connectivity index (χ0) is 16.9. The standard InChI is InChI=1S/C14H14F3N3O2S/c15-14(16,17)22-10-3-1-9(2-4-10)5-6-19-13(21)11-8-23-12(7-18)20-11/h1-4,8H,5-7,18H2,(H,19,21). The fourth-order valence-electron chi connectivity index (χ4n) is 1.78. The summed E-state index contributed by atoms with van der Waals surface area (Å²) in [6.07, 6.45) is -4.22. The van der Waals surface area contributed by atoms with Crippen LogP contribution in [0.15, 0.2) is 29.6 Å². The number of nitrogens with one attached hydrogen (secondary N) is 1. The molecule has 0 saturated carbocycles. The van der Waals surface area contributed by atoms with E-state index in [9.17, 15) is 18.0 Å². The summed E-state index contributed by atoms with van der Waals surface area (Å²) >= 11 is 1.31. The van der Waals surface area contributed by atoms with Crippen LogP contribution >= 0.6 is 11.3 Å². The zero-order valence-electron chi connectivity index (χ0n) is 11.9. The number of halogens is 3. The molecule has 5 nitrogen and oxygen atoms in total. The topological polar surface area (TPSA) is 77.2 Å². The molecule has 1 aromatic heterocycles. The number of alkyl halides is 3. The van der Waals surface area contributed by atoms with Crippen LogP contribution in [0.3, 0.4) is 0 Å². The lowest BCUT2D eigenvalue weighted by Gasteiger charge is -2.09. The minimum absolute atomic E-state index is 0.276. The molecule has 0 fully saturated rings. The number of nitrogens with two attached hydrogens (primary N) is 1. The minimum atomic E-state index is -4.70. The molecule has 1 amide bonds. The van der Waals surface area contributed by atoms with Crippen molar-refractivity contribution in [2.45, 2.75) is 19.3 Å². The number of benzene rings is 1. The average molecular weight is 345 g/mol. The lowest BCUT2D eigenvalue weighted by atomic mass is 10.1. The molecule has 0 atom stereocenters. The first-order valence-corrected chi connectivity index (χ1v) is 7.52. The Morgan fingerprint density at radius 1 is 1.30 bits per heavy atom. The third-order valence-corrected chi connectivity index (χ3v) is 3.69. The fraction of sp³-hybridized carbons (Fsp3) is 0.286. The third-order valence-electron chi connectivity index (χ3n) is 2.82. The highest BCUT2D eigenvalue weighted by Gasteiger charge is 2.30. The molecular formula is C14H14F3N3O2S. The molecule has 0 bridgehead atoms. The van der Waals surface area contributed by atoms with Crippen molar-refractivity contribution in [2.75, 3.05) is 6.54 Å². The Balaban J connectivity index is 1.80. The quantitative estimate of drug-likeness (QED) is 0.843. The number of carbonyl (C=O) groups excluding carboxylic acids is 1. The molecule has 1 aromatic carbocycles. The number of nitrogens with zero attached hydrogens (tertiary/aromatic N) is 1. The van der Waals surface area contributed by atoms with Crippen molar-refractivity contribution in [1.29, 1.82) is 0 Å². The van der Waals surface area contributed by atoms with E-state index in [1.165, 1.54) is 35.6 Å². The van der Waals surface area contributed by atoms with E-state index in [0.29, 0.717) is 23.7 Å². The number of hydrogen-bond donors (Lipinski definition) is 2. The minimum Gasteiger partial charge on any atom is -0.406 e. The number of ether oxygens (including phenoxy) is 1. The van der Waals surface area contributed by atoms with E-state index in [1.54, 1.807) is 5.38 Å². The average Bonchev–Trinajstić information content (AvgIpc) is 2.96. The molecule has 0 aliphatic carbocycles. The molecule has 124 valence electrons. The Kier molecular flexibility index (Phi) is 5.56. The van der Waals surface area contributed by atoms with Crippen molar-refractivity contribution in [2.24, 2.45) is 5.73 Å². The van der Waals surface area contributed by atoms with Crippen LogP contribution in [-0.4, -0.2) is 23.8 Å². The monoisotopic (exact) mass is 345 g/mol. The number of hydrogen-bond acceptors (Lipinski definition) is 5. The lowest BCUT2D eigenvalue weighted by molar-refractivity contribution is -0.274. The van der Waals surface area contributed by atoms with Crippen LogP contribution in [0, 0.1) is 0 Å². The highest BCUT2D eigenvalue weighted by Crippen LogP contribution is 2.22. The molecule has 0 saturated heterocycles. The van der Waals surface area contributed by atoms with Gasteiger partial charge in [-0.05, 0) is 24.1 Å². The zero-order valence-corrected chi connectivity index (χ0v) is 12.7. The van der Waals surface area contributed by atoms with Gasteiger partial charge in [-0.15, -0.1) is 24.5 Å². The van der Waals surface area contributed by atoms with E-state index >= 15 is 0 Å². The van der Waals surface area contributed by atoms with E-state index in [0.717, 1.165) is 5.56 Å². The van der Waals surface area contributed by atoms with Gasteiger partial charge in [0.25, 0.3) is 5.91 Å². The highest BCUT2D eigenvalue weighted by molar-refractivity contribution is 7.09. The van der Waals surface area contributed by atoms with Crippen molar-refractivity contribution in [3.8, 4) is 5.75 Å². The fourth-order valence-corrected chi connectivity index (χ4v) is 2.43. The second-order valence-electron chi connectivity index (χ2n) is 4.53. The maximum Gasteiger partial charge on any atom is 0.573 e. The van der Waals surface area contributed by atoms with Gasteiger partial charge < -0.3 is 15.8 Å². The molecule has 0 spiro atoms. The molecule has 2 rings (SSSR count). The number of rotatable bonds is 6. The summed E-state index contributed by atoms with van der Waals surface area (Å²) in [6, 6.07) is 5.50. The van der Waals surface area contributed by atoms with Crippen LogP contribution in [0.4, 0.5) is 13.2 Å². The van der Waals surface area contributed by atoms with Crippen LogP contribution in [0.1, 0.15) is 21.1 Å². The summed E-state index contributed by atoms with van der Waals surface area (Å²) in [5.41, 5.74) is 6.51. The molecule has 9 heteroatoms. The molecule has 0 aliphatic rings. The second-order valence-corrected chi connectivity index (χ2v) is 5.47. The summed E-state index contributed by atoms with van der Waals surface area (Å²) in [4.78, 5) is 15.9. The highest BCUT2D eigenvalue weighted by atomic mass is 32.1. The van der Waals surface area contributed by atoms with Crippen LogP contribution in [0.25, 0.3) is 0 Å². The molecule has 1 heterocycles. The predicted molar refractivity (Wildman–Crippen MR) is 79.2 cm³/mol. The first kappa shape index (κ1) is 17.2. The van der Waals surface area contributed by atoms with Crippen molar-refractivity contribution >= 4 is 17.2 Å². The number of thiazole rings is 1. The summed E-state index contributed by atoms with van der Waals surface area (Å²) in [5.74, 6) is -0.583. The lowest BCUT2D eigenvalue weighted by Crippen LogP contribution is -2.26. The maximum absolute atomic E-state index is 12.0. The van der Waals surface area contributed by atoms with Crippen molar-refractivity contribution in [1.82, 2.24) is 10.3 Å². The van der Waals surface area contributed by atoms with Crippen LogP contribution in [-0.2, 0) is 13.0 Å². The van der Waals surface area contributed by atoms with Gasteiger partial charge in [-0.3, -0.25) is 4.79 Å². The summed E-state index contributed by atoms with van der Waals surface area (Å²) in [6.45, 7) is 0.623. The Morgan fingerprint density at radius 3 is 2.57 bits per heavy atom. The third kappa shape index (κ3) is 5.53. The van der Waals surface area contributed by atoms with Crippen molar-refractivity contribution in [3.05, 3.63) is 45.9 Å². The Morgan fingerprint density at radius 2 is 2.00 bits per heavy atom. The molecule has 23 heavy (non-hydrogen) atoms. The normalized spacial score (nSPS) is 11.3. The number of aromatic nitrogens is 1. The van der Waals surface area contributed by atoms with Gasteiger partial charge in [0.15, 0.2) is 0 Å². The largest absolute Gasteiger partial charge is 0.573 e. The van der Waals surface area contributed by atoms with Crippen LogP contribution < -0.4 is 15.8 Å². The molecular weight excluding hydrogens is 331 g/mol. The first-order chi connectivity index (χ1) is 10.9. The summed E-state index contributed by atoms with van der Waals surface area (Å²) in [5, 5.41) is 4.99. The van der Waals surface area contributed by atoms with Gasteiger partial charge in [0, 0.05) is 18.5 Å². The van der Waals surface area contributed by atoms with Gasteiger partial charge in [-0.2, -0.15) is 0 Å². The Hall–Kier alpha value is -2.13. The van der Waals surface area contributed by atoms with Gasteiger partial charge in [0.05, 0.1) is 0 Å². The van der Waals surface area contributed by atoms with Gasteiger partial charge in [0.1, 0.15) is 16.5 Å². The van der Waals surface area contributed by atoms with E-state index in [-0.39, 0.29) is 18.2 Å². The number of amides is 1. The summed E-state index contributed by atoms with van der Waals surface area (Å²) < 4.78 is 39.9. The molecule has 2 aromatic rings. The van der Waals surface area contributed by atoms with E-state index < -0.39 is 6.36 Å². The second kappa shape index (κ2) is 7.42. The molecule has 0 aliphatic heterocycles. The molecule has 0 radical (unpaired) electrons. The SMILES string of the molecule is NCc1nc(C(=O)NCCc2ccc(OC(F)(F)F)cc2)cs1. The van der Waals surface area contributed by atoms with Gasteiger partial charge >= 0.3 is 6.36 Å². The molecule has 0 unspecified atom stereocenters. The van der Waals surface area contributed by atoms with Crippen LogP contribution in [0.2, 0.25) is 0 Å².